The highest BCUT2D eigenvalue weighted by Gasteiger charge is 2.36. The lowest BCUT2D eigenvalue weighted by molar-refractivity contribution is -0.147. The molecule has 8 nitrogen and oxygen atoms in total. The maximum atomic E-state index is 13.2. The largest absolute Gasteiger partial charge is 0.390 e. The highest BCUT2D eigenvalue weighted by molar-refractivity contribution is 7.99. The minimum atomic E-state index is -1.16. The molecule has 9 heteroatoms. The van der Waals surface area contributed by atoms with Crippen molar-refractivity contribution in [3.05, 3.63) is 0 Å². The van der Waals surface area contributed by atoms with Crippen LogP contribution in [0.15, 0.2) is 0 Å². The van der Waals surface area contributed by atoms with Crippen molar-refractivity contribution >= 4 is 29.5 Å². The third-order valence-corrected chi connectivity index (χ3v) is 5.59. The van der Waals surface area contributed by atoms with Crippen LogP contribution in [0, 0.1) is 0 Å². The Morgan fingerprint density at radius 3 is 2.18 bits per heavy atom. The molecule has 0 saturated carbocycles. The number of thioether (sulfide) groups is 1. The summed E-state index contributed by atoms with van der Waals surface area (Å²) >= 11 is 1.58. The molecular formula is C19H38N4O4S. The summed E-state index contributed by atoms with van der Waals surface area (Å²) in [5.41, 5.74) is 9.82. The van der Waals surface area contributed by atoms with E-state index in [1.165, 1.54) is 16.8 Å². The van der Waals surface area contributed by atoms with Gasteiger partial charge in [-0.2, -0.15) is 11.8 Å². The van der Waals surface area contributed by atoms with Gasteiger partial charge in [-0.25, -0.2) is 0 Å². The second kappa shape index (κ2) is 13.0. The van der Waals surface area contributed by atoms with Crippen LogP contribution in [-0.4, -0.2) is 82.5 Å². The molecular weight excluding hydrogens is 380 g/mol. The van der Waals surface area contributed by atoms with Crippen LogP contribution in [0.2, 0.25) is 0 Å². The molecule has 0 aromatic carbocycles. The predicted octanol–water partition coefficient (Wildman–Crippen LogP) is 0.559. The van der Waals surface area contributed by atoms with Gasteiger partial charge in [0, 0.05) is 32.7 Å². The highest BCUT2D eigenvalue weighted by atomic mass is 32.2. The number of nitrogens with zero attached hydrogens (tertiary/aromatic N) is 2. The summed E-state index contributed by atoms with van der Waals surface area (Å²) in [4.78, 5) is 40.2. The molecule has 0 rings (SSSR count). The molecule has 0 aromatic rings. The van der Waals surface area contributed by atoms with Crippen molar-refractivity contribution in [1.82, 2.24) is 9.80 Å². The third-order valence-electron chi connectivity index (χ3n) is 4.46. The van der Waals surface area contributed by atoms with Crippen molar-refractivity contribution < 1.29 is 19.5 Å². The molecule has 0 bridgehead atoms. The molecule has 0 radical (unpaired) electrons. The van der Waals surface area contributed by atoms with Crippen LogP contribution >= 0.6 is 11.8 Å². The summed E-state index contributed by atoms with van der Waals surface area (Å²) in [6.07, 6.45) is 2.91. The van der Waals surface area contributed by atoms with Gasteiger partial charge < -0.3 is 26.4 Å². The van der Waals surface area contributed by atoms with E-state index < -0.39 is 23.6 Å². The first kappa shape index (κ1) is 26.7. The number of amides is 3. The number of hydrogen-bond donors (Lipinski definition) is 3. The van der Waals surface area contributed by atoms with E-state index in [0.29, 0.717) is 25.1 Å². The lowest BCUT2D eigenvalue weighted by Gasteiger charge is -2.35. The molecule has 5 N–H and O–H groups in total. The molecule has 28 heavy (non-hydrogen) atoms. The molecule has 0 aromatic heterocycles. The van der Waals surface area contributed by atoms with Crippen molar-refractivity contribution in [2.24, 2.45) is 11.5 Å². The summed E-state index contributed by atoms with van der Waals surface area (Å²) in [6, 6.07) is -1.65. The Bertz CT molecular complexity index is 511. The van der Waals surface area contributed by atoms with E-state index in [1.54, 1.807) is 32.7 Å². The van der Waals surface area contributed by atoms with E-state index in [4.69, 9.17) is 11.5 Å². The van der Waals surface area contributed by atoms with Gasteiger partial charge in [0.25, 0.3) is 0 Å². The quantitative estimate of drug-likeness (QED) is 0.353. The average molecular weight is 419 g/mol. The first-order valence-electron chi connectivity index (χ1n) is 9.78. The second-order valence-corrected chi connectivity index (χ2v) is 8.87. The molecule has 0 fully saturated rings. The third kappa shape index (κ3) is 9.75. The number of primary amides is 1. The van der Waals surface area contributed by atoms with Gasteiger partial charge in [0.2, 0.25) is 17.7 Å². The molecule has 0 aliphatic heterocycles. The number of likely N-dealkylation sites (N-methyl/N-ethyl adjacent to an activating group) is 2. The Balaban J connectivity index is 5.37. The fourth-order valence-corrected chi connectivity index (χ4v) is 3.91. The van der Waals surface area contributed by atoms with E-state index in [-0.39, 0.29) is 18.2 Å². The SMILES string of the molecule is CCCC(=O)N(C)[C@H](CSCCCCN)C(=O)N(C)[C@@H](CC(C)(C)O)C(N)=O. The topological polar surface area (TPSA) is 130 Å². The van der Waals surface area contributed by atoms with Gasteiger partial charge in [0.05, 0.1) is 5.60 Å². The van der Waals surface area contributed by atoms with Crippen LogP contribution in [0.4, 0.5) is 0 Å². The van der Waals surface area contributed by atoms with Crippen LogP contribution in [0.3, 0.4) is 0 Å². The number of carbonyl (C=O) groups excluding carboxylic acids is 3. The Kier molecular flexibility index (Phi) is 12.4. The van der Waals surface area contributed by atoms with Crippen LogP contribution < -0.4 is 11.5 Å². The summed E-state index contributed by atoms with van der Waals surface area (Å²) in [5, 5.41) is 10.1. The van der Waals surface area contributed by atoms with Crippen molar-refractivity contribution in [3.63, 3.8) is 0 Å². The van der Waals surface area contributed by atoms with E-state index in [9.17, 15) is 19.5 Å². The summed E-state index contributed by atoms with van der Waals surface area (Å²) in [6.45, 7) is 5.65. The summed E-state index contributed by atoms with van der Waals surface area (Å²) in [7, 11) is 3.11. The standard InChI is InChI=1S/C19H38N4O4S/c1-6-9-16(24)22(4)15(13-28-11-8-7-10-20)18(26)23(5)14(17(21)25)12-19(2,3)27/h14-15,27H,6-13,20H2,1-5H3,(H2,21,25)/t14-,15+/m0/s1. The number of aliphatic hydroxyl groups is 1. The minimum Gasteiger partial charge on any atom is -0.390 e. The zero-order chi connectivity index (χ0) is 21.9. The molecule has 0 aliphatic carbocycles. The monoisotopic (exact) mass is 418 g/mol. The minimum absolute atomic E-state index is 0.0214. The molecule has 0 saturated heterocycles. The molecule has 164 valence electrons. The Labute approximate surface area is 173 Å². The van der Waals surface area contributed by atoms with E-state index in [1.807, 2.05) is 6.92 Å². The first-order chi connectivity index (χ1) is 13.0. The average Bonchev–Trinajstić information content (AvgIpc) is 2.60. The fraction of sp³-hybridized carbons (Fsp3) is 0.842. The molecule has 0 unspecified atom stereocenters. The molecule has 3 amide bonds. The number of nitrogens with two attached hydrogens (primary N) is 2. The number of rotatable bonds is 14. The smallest absolute Gasteiger partial charge is 0.246 e. The van der Waals surface area contributed by atoms with Crippen molar-refractivity contribution in [2.45, 2.75) is 70.6 Å². The second-order valence-electron chi connectivity index (χ2n) is 7.73. The summed E-state index contributed by atoms with van der Waals surface area (Å²) in [5.74, 6) is 0.105. The zero-order valence-electron chi connectivity index (χ0n) is 17.9. The normalized spacial score (nSPS) is 13.7. The molecule has 0 aliphatic rings. The zero-order valence-corrected chi connectivity index (χ0v) is 18.8. The van der Waals surface area contributed by atoms with Crippen molar-refractivity contribution in [1.29, 1.82) is 0 Å². The molecule has 0 heterocycles. The van der Waals surface area contributed by atoms with Crippen LogP contribution in [0.1, 0.15) is 52.9 Å². The van der Waals surface area contributed by atoms with E-state index >= 15 is 0 Å². The lowest BCUT2D eigenvalue weighted by Crippen LogP contribution is -2.56. The van der Waals surface area contributed by atoms with E-state index in [0.717, 1.165) is 18.6 Å². The Hall–Kier alpha value is -1.32. The Morgan fingerprint density at radius 1 is 1.11 bits per heavy atom. The van der Waals surface area contributed by atoms with Gasteiger partial charge in [-0.15, -0.1) is 0 Å². The van der Waals surface area contributed by atoms with Gasteiger partial charge in [-0.3, -0.25) is 14.4 Å². The van der Waals surface area contributed by atoms with Crippen LogP contribution in [0.25, 0.3) is 0 Å². The highest BCUT2D eigenvalue weighted by Crippen LogP contribution is 2.19. The van der Waals surface area contributed by atoms with Gasteiger partial charge in [-0.05, 0) is 45.4 Å². The van der Waals surface area contributed by atoms with Crippen molar-refractivity contribution in [3.8, 4) is 0 Å². The lowest BCUT2D eigenvalue weighted by atomic mass is 9.97. The van der Waals surface area contributed by atoms with Gasteiger partial charge in [-0.1, -0.05) is 6.92 Å². The Morgan fingerprint density at radius 2 is 1.71 bits per heavy atom. The number of hydrogen-bond acceptors (Lipinski definition) is 6. The van der Waals surface area contributed by atoms with Gasteiger partial charge >= 0.3 is 0 Å². The van der Waals surface area contributed by atoms with Crippen LogP contribution in [0.5, 0.6) is 0 Å². The summed E-state index contributed by atoms with van der Waals surface area (Å²) < 4.78 is 0. The van der Waals surface area contributed by atoms with Gasteiger partial charge in [0.1, 0.15) is 12.1 Å². The number of unbranched alkanes of at least 4 members (excludes halogenated alkanes) is 1. The van der Waals surface area contributed by atoms with E-state index in [2.05, 4.69) is 0 Å². The molecule has 2 atom stereocenters. The van der Waals surface area contributed by atoms with Gasteiger partial charge in [0.15, 0.2) is 0 Å². The predicted molar refractivity (Wildman–Crippen MR) is 114 cm³/mol. The molecule has 0 spiro atoms. The fourth-order valence-electron chi connectivity index (χ4n) is 2.75. The number of carbonyl (C=O) groups is 3. The maximum absolute atomic E-state index is 13.2. The van der Waals surface area contributed by atoms with Crippen LogP contribution in [-0.2, 0) is 14.4 Å². The first-order valence-corrected chi connectivity index (χ1v) is 10.9. The van der Waals surface area contributed by atoms with Crippen molar-refractivity contribution in [2.75, 3.05) is 32.1 Å². The maximum Gasteiger partial charge on any atom is 0.246 e.